The average Bonchev–Trinajstić information content (AvgIpc) is 3.40. The molecule has 1 unspecified atom stereocenters. The molecule has 2 N–H and O–H groups in total. The van der Waals surface area contributed by atoms with Gasteiger partial charge in [-0.3, -0.25) is 9.30 Å². The lowest BCUT2D eigenvalue weighted by atomic mass is 10.0. The predicted molar refractivity (Wildman–Crippen MR) is 143 cm³/mol. The second-order valence-corrected chi connectivity index (χ2v) is 9.43. The molecule has 0 amide bonds. The summed E-state index contributed by atoms with van der Waals surface area (Å²) in [6.07, 6.45) is -2.52. The van der Waals surface area contributed by atoms with E-state index in [9.17, 15) is 13.2 Å². The summed E-state index contributed by atoms with van der Waals surface area (Å²) in [5, 5.41) is 9.26. The quantitative estimate of drug-likeness (QED) is 0.317. The van der Waals surface area contributed by atoms with Crippen molar-refractivity contribution in [3.8, 4) is 17.3 Å². The van der Waals surface area contributed by atoms with Crippen molar-refractivity contribution < 1.29 is 22.6 Å². The van der Waals surface area contributed by atoms with Gasteiger partial charge in [0.25, 0.3) is 0 Å². The van der Waals surface area contributed by atoms with Crippen molar-refractivity contribution in [2.75, 3.05) is 33.4 Å². The van der Waals surface area contributed by atoms with Crippen LogP contribution in [-0.4, -0.2) is 69.6 Å². The van der Waals surface area contributed by atoms with Crippen LogP contribution in [0.25, 0.3) is 28.1 Å². The van der Waals surface area contributed by atoms with Crippen LogP contribution in [0.3, 0.4) is 0 Å². The van der Waals surface area contributed by atoms with Gasteiger partial charge in [0.1, 0.15) is 24.1 Å². The maximum absolute atomic E-state index is 14.2. The summed E-state index contributed by atoms with van der Waals surface area (Å²) >= 11 is 0. The summed E-state index contributed by atoms with van der Waals surface area (Å²) in [6.45, 7) is 3.07. The zero-order valence-electron chi connectivity index (χ0n) is 20.8. The molecular weight excluding hydrogens is 544 g/mol. The highest BCUT2D eigenvalue weighted by molar-refractivity contribution is 5.85. The molecule has 1 aliphatic rings. The summed E-state index contributed by atoms with van der Waals surface area (Å²) in [4.78, 5) is 6.09. The number of alkyl halides is 3. The molecular formula is C25H29Cl2F3N6O2. The SMILES string of the molecule is COCCOc1ccc2ccc(-c3nnc4ccc([C@H](N5CCC(C)(N)C5)C(F)(F)F)cn34)nc2c1.Cl.Cl. The van der Waals surface area contributed by atoms with E-state index in [1.807, 2.05) is 18.2 Å². The van der Waals surface area contributed by atoms with Crippen molar-refractivity contribution in [2.24, 2.45) is 5.73 Å². The van der Waals surface area contributed by atoms with E-state index in [1.54, 1.807) is 36.6 Å². The van der Waals surface area contributed by atoms with Gasteiger partial charge in [0, 0.05) is 43.4 Å². The molecule has 206 valence electrons. The fourth-order valence-electron chi connectivity index (χ4n) is 4.65. The number of pyridine rings is 2. The van der Waals surface area contributed by atoms with Crippen molar-refractivity contribution >= 4 is 41.4 Å². The molecule has 0 radical (unpaired) electrons. The lowest BCUT2D eigenvalue weighted by molar-refractivity contribution is -0.184. The molecule has 2 atom stereocenters. The summed E-state index contributed by atoms with van der Waals surface area (Å²) in [6, 6.07) is 10.4. The standard InChI is InChI=1S/C25H27F3N6O2.2ClH/c1-24(29)9-10-33(15-24)22(25(26,27)28)17-5-8-21-31-32-23(34(21)14-17)19-7-4-16-3-6-18(13-20(16)30-19)36-12-11-35-2;;/h3-8,13-14,22H,9-12,15,29H2,1-2H3;2*1H/t22-,24?;;/m0../s1. The molecule has 4 aromatic rings. The Morgan fingerprint density at radius 1 is 1.08 bits per heavy atom. The number of hydrogen-bond donors (Lipinski definition) is 1. The first-order valence-electron chi connectivity index (χ1n) is 11.6. The highest BCUT2D eigenvalue weighted by atomic mass is 35.5. The smallest absolute Gasteiger partial charge is 0.408 e. The van der Waals surface area contributed by atoms with Gasteiger partial charge in [0.2, 0.25) is 0 Å². The van der Waals surface area contributed by atoms with Gasteiger partial charge >= 0.3 is 6.18 Å². The third-order valence-corrected chi connectivity index (χ3v) is 6.40. The minimum absolute atomic E-state index is 0. The fourth-order valence-corrected chi connectivity index (χ4v) is 4.65. The van der Waals surface area contributed by atoms with Crippen LogP contribution >= 0.6 is 24.8 Å². The van der Waals surface area contributed by atoms with E-state index >= 15 is 0 Å². The third kappa shape index (κ3) is 6.13. The van der Waals surface area contributed by atoms with E-state index in [2.05, 4.69) is 10.2 Å². The van der Waals surface area contributed by atoms with Crippen LogP contribution in [-0.2, 0) is 4.74 Å². The lowest BCUT2D eigenvalue weighted by Crippen LogP contribution is -2.43. The lowest BCUT2D eigenvalue weighted by Gasteiger charge is -2.31. The fraction of sp³-hybridized carbons (Fsp3) is 0.400. The Hall–Kier alpha value is -2.70. The van der Waals surface area contributed by atoms with Crippen LogP contribution in [0.2, 0.25) is 0 Å². The topological polar surface area (TPSA) is 90.8 Å². The highest BCUT2D eigenvalue weighted by Crippen LogP contribution is 2.41. The van der Waals surface area contributed by atoms with Gasteiger partial charge in [-0.05, 0) is 43.2 Å². The Labute approximate surface area is 230 Å². The van der Waals surface area contributed by atoms with E-state index in [-0.39, 0.29) is 43.5 Å². The number of ether oxygens (including phenoxy) is 2. The molecule has 13 heteroatoms. The number of halogens is 5. The van der Waals surface area contributed by atoms with Crippen LogP contribution in [0, 0.1) is 0 Å². The van der Waals surface area contributed by atoms with E-state index < -0.39 is 17.8 Å². The van der Waals surface area contributed by atoms with E-state index in [1.165, 1.54) is 17.2 Å². The number of likely N-dealkylation sites (tertiary alicyclic amines) is 1. The van der Waals surface area contributed by atoms with Gasteiger partial charge in [-0.15, -0.1) is 35.0 Å². The predicted octanol–water partition coefficient (Wildman–Crippen LogP) is 4.84. The van der Waals surface area contributed by atoms with Crippen molar-refractivity contribution in [1.82, 2.24) is 24.5 Å². The molecule has 0 saturated carbocycles. The maximum Gasteiger partial charge on any atom is 0.408 e. The Bertz CT molecular complexity index is 1400. The molecule has 1 aromatic carbocycles. The van der Waals surface area contributed by atoms with E-state index in [0.29, 0.717) is 48.1 Å². The van der Waals surface area contributed by atoms with Crippen molar-refractivity contribution in [3.05, 3.63) is 54.2 Å². The van der Waals surface area contributed by atoms with Crippen LogP contribution < -0.4 is 10.5 Å². The molecule has 1 saturated heterocycles. The first-order valence-corrected chi connectivity index (χ1v) is 11.6. The maximum atomic E-state index is 14.2. The molecule has 8 nitrogen and oxygen atoms in total. The molecule has 1 fully saturated rings. The Morgan fingerprint density at radius 3 is 2.53 bits per heavy atom. The number of hydrogen-bond acceptors (Lipinski definition) is 7. The number of nitrogens with zero attached hydrogens (tertiary/aromatic N) is 5. The summed E-state index contributed by atoms with van der Waals surface area (Å²) in [7, 11) is 1.60. The van der Waals surface area contributed by atoms with Crippen molar-refractivity contribution in [1.29, 1.82) is 0 Å². The number of fused-ring (bicyclic) bond motifs is 2. The largest absolute Gasteiger partial charge is 0.491 e. The van der Waals surface area contributed by atoms with Crippen molar-refractivity contribution in [2.45, 2.75) is 31.1 Å². The Kier molecular flexibility index (Phi) is 9.10. The molecule has 0 bridgehead atoms. The summed E-state index contributed by atoms with van der Waals surface area (Å²) in [5.74, 6) is 0.994. The number of rotatable bonds is 7. The Balaban J connectivity index is 0.00000200. The number of nitrogens with two attached hydrogens (primary N) is 1. The zero-order valence-corrected chi connectivity index (χ0v) is 22.4. The summed E-state index contributed by atoms with van der Waals surface area (Å²) in [5.41, 5.74) is 7.16. The van der Waals surface area contributed by atoms with Gasteiger partial charge in [-0.2, -0.15) is 13.2 Å². The van der Waals surface area contributed by atoms with Crippen LogP contribution in [0.5, 0.6) is 5.75 Å². The van der Waals surface area contributed by atoms with E-state index in [0.717, 1.165) is 5.39 Å². The summed E-state index contributed by atoms with van der Waals surface area (Å²) < 4.78 is 54.9. The third-order valence-electron chi connectivity index (χ3n) is 6.40. The normalized spacial score (nSPS) is 18.8. The molecule has 1 aliphatic heterocycles. The first-order chi connectivity index (χ1) is 17.1. The molecule has 5 rings (SSSR count). The van der Waals surface area contributed by atoms with Crippen LogP contribution in [0.4, 0.5) is 13.2 Å². The molecule has 3 aromatic heterocycles. The van der Waals surface area contributed by atoms with Gasteiger partial charge in [-0.25, -0.2) is 4.98 Å². The van der Waals surface area contributed by atoms with Crippen LogP contribution in [0.15, 0.2) is 48.7 Å². The second kappa shape index (κ2) is 11.6. The average molecular weight is 573 g/mol. The van der Waals surface area contributed by atoms with Crippen molar-refractivity contribution in [3.63, 3.8) is 0 Å². The Morgan fingerprint density at radius 2 is 1.84 bits per heavy atom. The monoisotopic (exact) mass is 572 g/mol. The number of benzene rings is 1. The highest BCUT2D eigenvalue weighted by Gasteiger charge is 2.48. The molecule has 0 spiro atoms. The number of methoxy groups -OCH3 is 1. The zero-order chi connectivity index (χ0) is 25.5. The second-order valence-electron chi connectivity index (χ2n) is 9.43. The van der Waals surface area contributed by atoms with Crippen LogP contribution in [0.1, 0.15) is 24.9 Å². The van der Waals surface area contributed by atoms with Gasteiger partial charge in [-0.1, -0.05) is 12.1 Å². The van der Waals surface area contributed by atoms with Gasteiger partial charge < -0.3 is 15.2 Å². The number of aromatic nitrogens is 4. The molecule has 38 heavy (non-hydrogen) atoms. The van der Waals surface area contributed by atoms with Gasteiger partial charge in [0.05, 0.1) is 12.1 Å². The van der Waals surface area contributed by atoms with Gasteiger partial charge in [0.15, 0.2) is 11.5 Å². The minimum Gasteiger partial charge on any atom is -0.491 e. The first kappa shape index (κ1) is 29.9. The van der Waals surface area contributed by atoms with E-state index in [4.69, 9.17) is 20.2 Å². The molecule has 4 heterocycles. The minimum atomic E-state index is -4.47. The molecule has 0 aliphatic carbocycles.